The number of hydrogen-bond acceptors (Lipinski definition) is 7. The molecule has 0 aliphatic heterocycles. The number of nitrogens with zero attached hydrogens (tertiary/aromatic N) is 2. The third kappa shape index (κ3) is 5.09. The van der Waals surface area contributed by atoms with Crippen LogP contribution in [0.1, 0.15) is 5.56 Å². The van der Waals surface area contributed by atoms with E-state index in [0.29, 0.717) is 23.0 Å². The van der Waals surface area contributed by atoms with E-state index in [4.69, 9.17) is 9.47 Å². The fourth-order valence-corrected chi connectivity index (χ4v) is 2.78. The molecule has 0 saturated heterocycles. The Balaban J connectivity index is 1.72. The smallest absolute Gasteiger partial charge is 0.247 e. The van der Waals surface area contributed by atoms with Crippen molar-refractivity contribution in [3.05, 3.63) is 72.6 Å². The molecule has 10 heteroatoms. The van der Waals surface area contributed by atoms with Crippen molar-refractivity contribution in [2.45, 2.75) is 6.54 Å². The Morgan fingerprint density at radius 3 is 2.19 bits per heavy atom. The van der Waals surface area contributed by atoms with E-state index in [2.05, 4.69) is 32.5 Å². The summed E-state index contributed by atoms with van der Waals surface area (Å²) in [6, 6.07) is 8.19. The van der Waals surface area contributed by atoms with E-state index >= 15 is 0 Å². The van der Waals surface area contributed by atoms with Gasteiger partial charge in [-0.1, -0.05) is 18.7 Å². The molecule has 0 bridgehead atoms. The van der Waals surface area contributed by atoms with Gasteiger partial charge < -0.3 is 25.4 Å². The Kier molecular flexibility index (Phi) is 7.17. The number of nitrogens with one attached hydrogen (secondary N) is 3. The van der Waals surface area contributed by atoms with E-state index in [1.807, 2.05) is 0 Å². The molecule has 0 aliphatic carbocycles. The Hall–Kier alpha value is -4.21. The van der Waals surface area contributed by atoms with E-state index in [1.165, 1.54) is 32.7 Å². The molecule has 1 heterocycles. The number of amides is 1. The fourth-order valence-electron chi connectivity index (χ4n) is 2.78. The molecule has 0 saturated carbocycles. The van der Waals surface area contributed by atoms with Gasteiger partial charge in [-0.25, -0.2) is 18.7 Å². The highest BCUT2D eigenvalue weighted by molar-refractivity contribution is 6.01. The predicted molar refractivity (Wildman–Crippen MR) is 117 cm³/mol. The van der Waals surface area contributed by atoms with E-state index < -0.39 is 11.6 Å². The van der Waals surface area contributed by atoms with Gasteiger partial charge in [-0.3, -0.25) is 4.79 Å². The number of carbonyl (C=O) groups excluding carboxylic acids is 1. The van der Waals surface area contributed by atoms with Crippen molar-refractivity contribution in [3.8, 4) is 11.5 Å². The molecule has 2 aromatic carbocycles. The van der Waals surface area contributed by atoms with Crippen LogP contribution < -0.4 is 25.4 Å². The van der Waals surface area contributed by atoms with Crippen molar-refractivity contribution >= 4 is 28.9 Å². The molecule has 0 unspecified atom stereocenters. The lowest BCUT2D eigenvalue weighted by Crippen LogP contribution is -2.10. The third-order valence-electron chi connectivity index (χ3n) is 4.40. The van der Waals surface area contributed by atoms with Crippen LogP contribution in [0.3, 0.4) is 0 Å². The lowest BCUT2D eigenvalue weighted by atomic mass is 10.1. The fraction of sp³-hybridized carbons (Fsp3) is 0.136. The molecule has 0 atom stereocenters. The second kappa shape index (κ2) is 10.2. The summed E-state index contributed by atoms with van der Waals surface area (Å²) in [4.78, 5) is 20.0. The average Bonchev–Trinajstić information content (AvgIpc) is 2.81. The van der Waals surface area contributed by atoms with Crippen molar-refractivity contribution in [2.24, 2.45) is 0 Å². The second-order valence-electron chi connectivity index (χ2n) is 6.39. The van der Waals surface area contributed by atoms with Gasteiger partial charge in [-0.15, -0.1) is 0 Å². The summed E-state index contributed by atoms with van der Waals surface area (Å²) in [6.07, 6.45) is 4.01. The Morgan fingerprint density at radius 2 is 1.62 bits per heavy atom. The Morgan fingerprint density at radius 1 is 1.03 bits per heavy atom. The molecule has 166 valence electrons. The third-order valence-corrected chi connectivity index (χ3v) is 4.40. The number of anilines is 4. The number of carbonyl (C=O) groups is 1. The van der Waals surface area contributed by atoms with Crippen molar-refractivity contribution in [2.75, 3.05) is 30.2 Å². The number of para-hydroxylation sites is 2. The Labute approximate surface area is 183 Å². The van der Waals surface area contributed by atoms with Gasteiger partial charge in [0.25, 0.3) is 0 Å². The summed E-state index contributed by atoms with van der Waals surface area (Å²) in [5.74, 6) is -1.58. The minimum atomic E-state index is -0.831. The summed E-state index contributed by atoms with van der Waals surface area (Å²) in [7, 11) is 2.57. The van der Waals surface area contributed by atoms with Crippen LogP contribution in [0.2, 0.25) is 0 Å². The molecule has 3 N–H and O–H groups in total. The van der Waals surface area contributed by atoms with E-state index in [9.17, 15) is 13.6 Å². The van der Waals surface area contributed by atoms with Crippen molar-refractivity contribution in [3.63, 3.8) is 0 Å². The minimum absolute atomic E-state index is 0.132. The molecule has 32 heavy (non-hydrogen) atoms. The van der Waals surface area contributed by atoms with Gasteiger partial charge in [0.1, 0.15) is 11.6 Å². The summed E-state index contributed by atoms with van der Waals surface area (Å²) in [5, 5.41) is 8.56. The number of ether oxygens (including phenoxy) is 2. The molecule has 3 rings (SSSR count). The van der Waals surface area contributed by atoms with Crippen molar-refractivity contribution in [1.29, 1.82) is 0 Å². The first-order chi connectivity index (χ1) is 15.5. The number of benzene rings is 2. The first-order valence-corrected chi connectivity index (χ1v) is 9.41. The van der Waals surface area contributed by atoms with Gasteiger partial charge in [-0.05, 0) is 18.2 Å². The number of methoxy groups -OCH3 is 2. The van der Waals surface area contributed by atoms with Crippen LogP contribution in [0.5, 0.6) is 11.5 Å². The molecule has 3 aromatic rings. The van der Waals surface area contributed by atoms with Crippen LogP contribution in [0.4, 0.5) is 31.8 Å². The van der Waals surface area contributed by atoms with Gasteiger partial charge in [0, 0.05) is 12.6 Å². The number of aromatic nitrogens is 2. The van der Waals surface area contributed by atoms with Crippen molar-refractivity contribution in [1.82, 2.24) is 9.97 Å². The maximum atomic E-state index is 14.5. The normalized spacial score (nSPS) is 10.2. The standard InChI is InChI=1S/C22H21F2N5O3/c1-4-20(30)29-15-8-6-5-7-14(15)28-19-12-26-18(11-27-19)25-10-13-21(23)16(31-2)9-17(32-3)22(13)24/h4-9,11-12H,1,10H2,2-3H3,(H,25,26)(H,27,28)(H,29,30). The molecular weight excluding hydrogens is 420 g/mol. The zero-order valence-corrected chi connectivity index (χ0v) is 17.4. The molecule has 8 nitrogen and oxygen atoms in total. The lowest BCUT2D eigenvalue weighted by Gasteiger charge is -2.14. The maximum Gasteiger partial charge on any atom is 0.247 e. The maximum absolute atomic E-state index is 14.5. The zero-order valence-electron chi connectivity index (χ0n) is 17.4. The van der Waals surface area contributed by atoms with Gasteiger partial charge in [0.2, 0.25) is 5.91 Å². The molecule has 1 amide bonds. The number of rotatable bonds is 9. The average molecular weight is 441 g/mol. The van der Waals surface area contributed by atoms with Crippen molar-refractivity contribution < 1.29 is 23.0 Å². The van der Waals surface area contributed by atoms with Crippen LogP contribution in [0, 0.1) is 11.6 Å². The summed E-state index contributed by atoms with van der Waals surface area (Å²) in [5.41, 5.74) is 0.891. The van der Waals surface area contributed by atoms with Crippen LogP contribution in [-0.2, 0) is 11.3 Å². The highest BCUT2D eigenvalue weighted by Crippen LogP contribution is 2.31. The number of halogens is 2. The van der Waals surface area contributed by atoms with Gasteiger partial charge in [0.05, 0.1) is 43.6 Å². The van der Waals surface area contributed by atoms with Gasteiger partial charge in [-0.2, -0.15) is 0 Å². The lowest BCUT2D eigenvalue weighted by molar-refractivity contribution is -0.111. The second-order valence-corrected chi connectivity index (χ2v) is 6.39. The molecular formula is C22H21F2N5O3. The van der Waals surface area contributed by atoms with E-state index in [1.54, 1.807) is 24.3 Å². The Bertz CT molecular complexity index is 1100. The largest absolute Gasteiger partial charge is 0.494 e. The van der Waals surface area contributed by atoms with Gasteiger partial charge in [0.15, 0.2) is 23.1 Å². The quantitative estimate of drug-likeness (QED) is 0.427. The molecule has 0 aliphatic rings. The molecule has 0 fully saturated rings. The van der Waals surface area contributed by atoms with Crippen LogP contribution in [0.25, 0.3) is 0 Å². The minimum Gasteiger partial charge on any atom is -0.494 e. The predicted octanol–water partition coefficient (Wildman–Crippen LogP) is 4.25. The van der Waals surface area contributed by atoms with Gasteiger partial charge >= 0.3 is 0 Å². The summed E-state index contributed by atoms with van der Waals surface area (Å²) in [6.45, 7) is 3.22. The number of hydrogen-bond donors (Lipinski definition) is 3. The van der Waals surface area contributed by atoms with E-state index in [0.717, 1.165) is 6.07 Å². The zero-order chi connectivity index (χ0) is 23.1. The monoisotopic (exact) mass is 441 g/mol. The van der Waals surface area contributed by atoms with Crippen LogP contribution in [-0.4, -0.2) is 30.1 Å². The topological polar surface area (TPSA) is 97.4 Å². The highest BCUT2D eigenvalue weighted by atomic mass is 19.1. The highest BCUT2D eigenvalue weighted by Gasteiger charge is 2.20. The molecule has 0 spiro atoms. The summed E-state index contributed by atoms with van der Waals surface area (Å²) >= 11 is 0. The van der Waals surface area contributed by atoms with E-state index in [-0.39, 0.29) is 29.5 Å². The first kappa shape index (κ1) is 22.5. The molecule has 1 aromatic heterocycles. The molecule has 0 radical (unpaired) electrons. The summed E-state index contributed by atoms with van der Waals surface area (Å²) < 4.78 is 38.8. The van der Waals surface area contributed by atoms with Crippen LogP contribution in [0.15, 0.2) is 55.4 Å². The SMILES string of the molecule is C=CC(=O)Nc1ccccc1Nc1cnc(NCc2c(F)c(OC)cc(OC)c2F)cn1. The van der Waals surface area contributed by atoms with Crippen LogP contribution >= 0.6 is 0 Å². The first-order valence-electron chi connectivity index (χ1n) is 9.41.